The molecular weight excluding hydrogens is 328 g/mol. The maximum absolute atomic E-state index is 12.4. The molecule has 1 aromatic carbocycles. The van der Waals surface area contributed by atoms with Crippen LogP contribution in [0.15, 0.2) is 48.8 Å². The summed E-state index contributed by atoms with van der Waals surface area (Å²) in [6, 6.07) is 12.7. The molecule has 1 amide bonds. The fourth-order valence-corrected chi connectivity index (χ4v) is 2.40. The Kier molecular flexibility index (Phi) is 4.85. The second-order valence-electron chi connectivity index (χ2n) is 5.63. The van der Waals surface area contributed by atoms with E-state index in [1.807, 2.05) is 19.1 Å². The van der Waals surface area contributed by atoms with Crippen molar-refractivity contribution in [2.45, 2.75) is 13.5 Å². The largest absolute Gasteiger partial charge is 0.383 e. The van der Waals surface area contributed by atoms with Crippen LogP contribution in [0.3, 0.4) is 0 Å². The van der Waals surface area contributed by atoms with Crippen LogP contribution in [0.2, 0.25) is 0 Å². The molecule has 3 aromatic rings. The third-order valence-corrected chi connectivity index (χ3v) is 3.85. The third-order valence-electron chi connectivity index (χ3n) is 3.85. The van der Waals surface area contributed by atoms with Gasteiger partial charge < -0.3 is 11.1 Å². The molecule has 0 fully saturated rings. The molecule has 7 nitrogen and oxygen atoms in total. The van der Waals surface area contributed by atoms with Crippen LogP contribution in [0.4, 0.5) is 5.82 Å². The molecule has 0 aliphatic carbocycles. The quantitative estimate of drug-likeness (QED) is 0.749. The number of carbonyl (C=O) groups excluding carboxylic acids is 1. The van der Waals surface area contributed by atoms with Gasteiger partial charge in [0.05, 0.1) is 29.4 Å². The summed E-state index contributed by atoms with van der Waals surface area (Å²) < 4.78 is 0. The van der Waals surface area contributed by atoms with Gasteiger partial charge in [0, 0.05) is 18.0 Å². The lowest BCUT2D eigenvalue weighted by molar-refractivity contribution is 0.0950. The highest BCUT2D eigenvalue weighted by Gasteiger charge is 2.14. The minimum Gasteiger partial charge on any atom is -0.383 e. The van der Waals surface area contributed by atoms with E-state index >= 15 is 0 Å². The van der Waals surface area contributed by atoms with Crippen LogP contribution in [0.1, 0.15) is 27.2 Å². The molecule has 0 radical (unpaired) electrons. The van der Waals surface area contributed by atoms with E-state index in [2.05, 4.69) is 26.3 Å². The zero-order valence-electron chi connectivity index (χ0n) is 14.1. The lowest BCUT2D eigenvalue weighted by atomic mass is 10.1. The van der Waals surface area contributed by atoms with Crippen LogP contribution in [-0.2, 0) is 6.54 Å². The number of pyridine rings is 1. The van der Waals surface area contributed by atoms with Gasteiger partial charge in [0.15, 0.2) is 5.82 Å². The van der Waals surface area contributed by atoms with Gasteiger partial charge in [-0.3, -0.25) is 9.78 Å². The van der Waals surface area contributed by atoms with E-state index in [-0.39, 0.29) is 23.8 Å². The standard InChI is InChI=1S/C19H16N6O/c1-12-4-3-7-22-16(12)11-24-19(26)15-10-23-18(25-17(15)21)14-6-2-5-13(8-14)9-20/h2-8,10H,11H2,1H3,(H,24,26)(H2,21,23,25). The highest BCUT2D eigenvalue weighted by atomic mass is 16.1. The first kappa shape index (κ1) is 17.0. The van der Waals surface area contributed by atoms with Crippen molar-refractivity contribution in [2.75, 3.05) is 5.73 Å². The van der Waals surface area contributed by atoms with E-state index in [1.54, 1.807) is 30.5 Å². The summed E-state index contributed by atoms with van der Waals surface area (Å²) in [6.07, 6.45) is 3.06. The highest BCUT2D eigenvalue weighted by Crippen LogP contribution is 2.19. The molecule has 128 valence electrons. The van der Waals surface area contributed by atoms with Gasteiger partial charge in [0.25, 0.3) is 5.91 Å². The number of nitrogens with zero attached hydrogens (tertiary/aromatic N) is 4. The Morgan fingerprint density at radius 3 is 2.85 bits per heavy atom. The second-order valence-corrected chi connectivity index (χ2v) is 5.63. The first-order chi connectivity index (χ1) is 12.6. The summed E-state index contributed by atoms with van der Waals surface area (Å²) in [4.78, 5) is 25.0. The second kappa shape index (κ2) is 7.40. The van der Waals surface area contributed by atoms with Crippen LogP contribution < -0.4 is 11.1 Å². The van der Waals surface area contributed by atoms with Gasteiger partial charge in [-0.05, 0) is 30.7 Å². The summed E-state index contributed by atoms with van der Waals surface area (Å²) in [5, 5.41) is 11.7. The number of benzene rings is 1. The lowest BCUT2D eigenvalue weighted by Crippen LogP contribution is -2.25. The summed E-state index contributed by atoms with van der Waals surface area (Å²) in [5.74, 6) is 0.0641. The molecule has 0 atom stereocenters. The first-order valence-electron chi connectivity index (χ1n) is 7.90. The molecule has 0 aliphatic rings. The van der Waals surface area contributed by atoms with Crippen molar-refractivity contribution in [1.82, 2.24) is 20.3 Å². The molecule has 3 rings (SSSR count). The van der Waals surface area contributed by atoms with Crippen molar-refractivity contribution in [3.63, 3.8) is 0 Å². The van der Waals surface area contributed by atoms with Crippen molar-refractivity contribution in [2.24, 2.45) is 0 Å². The number of hydrogen-bond acceptors (Lipinski definition) is 6. The van der Waals surface area contributed by atoms with E-state index in [9.17, 15) is 4.79 Å². The Labute approximate surface area is 150 Å². The van der Waals surface area contributed by atoms with E-state index < -0.39 is 0 Å². The summed E-state index contributed by atoms with van der Waals surface area (Å²) >= 11 is 0. The van der Waals surface area contributed by atoms with E-state index in [4.69, 9.17) is 11.0 Å². The average molecular weight is 344 g/mol. The van der Waals surface area contributed by atoms with Crippen molar-refractivity contribution >= 4 is 11.7 Å². The Bertz CT molecular complexity index is 1010. The molecule has 7 heteroatoms. The Morgan fingerprint density at radius 1 is 1.27 bits per heavy atom. The fraction of sp³-hybridized carbons (Fsp3) is 0.105. The summed E-state index contributed by atoms with van der Waals surface area (Å²) in [7, 11) is 0. The predicted molar refractivity (Wildman–Crippen MR) is 96.7 cm³/mol. The van der Waals surface area contributed by atoms with Gasteiger partial charge in [-0.1, -0.05) is 18.2 Å². The number of amides is 1. The monoisotopic (exact) mass is 344 g/mol. The zero-order valence-corrected chi connectivity index (χ0v) is 14.1. The minimum atomic E-state index is -0.370. The molecule has 26 heavy (non-hydrogen) atoms. The van der Waals surface area contributed by atoms with Crippen LogP contribution in [-0.4, -0.2) is 20.9 Å². The van der Waals surface area contributed by atoms with Gasteiger partial charge in [0.2, 0.25) is 0 Å². The predicted octanol–water partition coefficient (Wildman–Crippen LogP) is 2.23. The van der Waals surface area contributed by atoms with Crippen molar-refractivity contribution in [3.8, 4) is 17.5 Å². The van der Waals surface area contributed by atoms with Crippen LogP contribution in [0.25, 0.3) is 11.4 Å². The molecule has 3 N–H and O–H groups in total. The topological polar surface area (TPSA) is 118 Å². The molecular formula is C19H16N6O. The van der Waals surface area contributed by atoms with E-state index in [1.165, 1.54) is 6.20 Å². The average Bonchev–Trinajstić information content (AvgIpc) is 2.67. The molecule has 0 saturated heterocycles. The minimum absolute atomic E-state index is 0.0765. The maximum Gasteiger partial charge on any atom is 0.256 e. The highest BCUT2D eigenvalue weighted by molar-refractivity contribution is 5.98. The number of nitrogens with one attached hydrogen (secondary N) is 1. The van der Waals surface area contributed by atoms with Gasteiger partial charge in [-0.15, -0.1) is 0 Å². The first-order valence-corrected chi connectivity index (χ1v) is 7.90. The van der Waals surface area contributed by atoms with E-state index in [0.717, 1.165) is 11.3 Å². The molecule has 2 aromatic heterocycles. The fourth-order valence-electron chi connectivity index (χ4n) is 2.40. The molecule has 0 aliphatic heterocycles. The number of rotatable bonds is 4. The Hall–Kier alpha value is -3.79. The van der Waals surface area contributed by atoms with Crippen molar-refractivity contribution in [1.29, 1.82) is 5.26 Å². The van der Waals surface area contributed by atoms with Crippen molar-refractivity contribution in [3.05, 3.63) is 71.2 Å². The van der Waals surface area contributed by atoms with Gasteiger partial charge in [-0.2, -0.15) is 5.26 Å². The molecule has 0 spiro atoms. The Balaban J connectivity index is 1.78. The van der Waals surface area contributed by atoms with Crippen LogP contribution in [0.5, 0.6) is 0 Å². The van der Waals surface area contributed by atoms with Gasteiger partial charge in [-0.25, -0.2) is 9.97 Å². The van der Waals surface area contributed by atoms with E-state index in [0.29, 0.717) is 17.0 Å². The zero-order chi connectivity index (χ0) is 18.5. The normalized spacial score (nSPS) is 10.2. The summed E-state index contributed by atoms with van der Waals surface area (Å²) in [5.41, 5.74) is 9.06. The number of nitrogen functional groups attached to an aromatic ring is 1. The van der Waals surface area contributed by atoms with Crippen molar-refractivity contribution < 1.29 is 4.79 Å². The molecule has 0 saturated carbocycles. The van der Waals surface area contributed by atoms with Gasteiger partial charge >= 0.3 is 0 Å². The SMILES string of the molecule is Cc1cccnc1CNC(=O)c1cnc(-c2cccc(C#N)c2)nc1N. The van der Waals surface area contributed by atoms with Crippen LogP contribution in [0, 0.1) is 18.3 Å². The summed E-state index contributed by atoms with van der Waals surface area (Å²) in [6.45, 7) is 2.22. The maximum atomic E-state index is 12.4. The number of hydrogen-bond donors (Lipinski definition) is 2. The molecule has 0 bridgehead atoms. The number of nitrogens with two attached hydrogens (primary N) is 1. The van der Waals surface area contributed by atoms with Gasteiger partial charge in [0.1, 0.15) is 5.82 Å². The number of aromatic nitrogens is 3. The molecule has 2 heterocycles. The number of aryl methyl sites for hydroxylation is 1. The number of nitriles is 1. The lowest BCUT2D eigenvalue weighted by Gasteiger charge is -2.09. The smallest absolute Gasteiger partial charge is 0.256 e. The Morgan fingerprint density at radius 2 is 2.12 bits per heavy atom. The number of anilines is 1. The molecule has 0 unspecified atom stereocenters. The number of carbonyl (C=O) groups is 1. The van der Waals surface area contributed by atoms with Crippen LogP contribution >= 0.6 is 0 Å². The third kappa shape index (κ3) is 3.65.